The smallest absolute Gasteiger partial charge is 0.337 e. The molecule has 6 rings (SSSR count). The van der Waals surface area contributed by atoms with Crippen LogP contribution in [0.25, 0.3) is 17.0 Å². The molecule has 2 N–H and O–H groups in total. The molecule has 2 saturated heterocycles. The number of anilines is 2. The van der Waals surface area contributed by atoms with E-state index in [0.29, 0.717) is 31.0 Å². The number of oxazole rings is 1. The number of pyridine rings is 1. The third-order valence-corrected chi connectivity index (χ3v) is 6.99. The highest BCUT2D eigenvalue weighted by atomic mass is 16.5. The number of hydrogen-bond acceptors (Lipinski definition) is 9. The molecule has 198 valence electrons. The standard InChI is InChI=1S/C26H30N8O4/c35-24(30-19-17-28-6-5-20(19)32-9-7-27-8-10-32)23-18-29-25(38-23)34-22-4-2-1-3-21(22)33(26(34)36)12-11-31-13-15-37-16-14-31/h1-6,17-18,27H,7-16H2,(H,30,35). The largest absolute Gasteiger partial charge is 0.418 e. The maximum absolute atomic E-state index is 13.5. The summed E-state index contributed by atoms with van der Waals surface area (Å²) in [5.74, 6) is -0.454. The third kappa shape index (κ3) is 4.80. The molecule has 3 aromatic heterocycles. The van der Waals surface area contributed by atoms with E-state index >= 15 is 0 Å². The highest BCUT2D eigenvalue weighted by molar-refractivity contribution is 6.04. The molecule has 0 aliphatic carbocycles. The number of carbonyl (C=O) groups is 1. The van der Waals surface area contributed by atoms with Crippen LogP contribution in [0.4, 0.5) is 11.4 Å². The minimum Gasteiger partial charge on any atom is -0.418 e. The van der Waals surface area contributed by atoms with Gasteiger partial charge in [-0.15, -0.1) is 0 Å². The van der Waals surface area contributed by atoms with E-state index in [9.17, 15) is 9.59 Å². The van der Waals surface area contributed by atoms with Gasteiger partial charge in [0.1, 0.15) is 0 Å². The molecule has 2 fully saturated rings. The van der Waals surface area contributed by atoms with Crippen LogP contribution in [-0.4, -0.2) is 88.9 Å². The summed E-state index contributed by atoms with van der Waals surface area (Å²) in [6, 6.07) is 9.45. The molecule has 0 spiro atoms. The summed E-state index contributed by atoms with van der Waals surface area (Å²) in [5.41, 5.74) is 2.68. The lowest BCUT2D eigenvalue weighted by atomic mass is 10.2. The van der Waals surface area contributed by atoms with E-state index in [4.69, 9.17) is 9.15 Å². The van der Waals surface area contributed by atoms with Crippen LogP contribution >= 0.6 is 0 Å². The predicted octanol–water partition coefficient (Wildman–Crippen LogP) is 1.17. The number of carbonyl (C=O) groups excluding carboxylic acids is 1. The highest BCUT2D eigenvalue weighted by Crippen LogP contribution is 2.26. The van der Waals surface area contributed by atoms with Crippen molar-refractivity contribution in [3.8, 4) is 6.01 Å². The predicted molar refractivity (Wildman–Crippen MR) is 142 cm³/mol. The monoisotopic (exact) mass is 518 g/mol. The number of amides is 1. The Bertz CT molecular complexity index is 1480. The van der Waals surface area contributed by atoms with Gasteiger partial charge in [-0.3, -0.25) is 19.2 Å². The SMILES string of the molecule is O=C(Nc1cnccc1N1CCNCC1)c1cnc(-n2c(=O)n(CCN3CCOCC3)c3ccccc32)o1. The molecule has 0 unspecified atom stereocenters. The fourth-order valence-corrected chi connectivity index (χ4v) is 5.00. The van der Waals surface area contributed by atoms with Gasteiger partial charge in [-0.1, -0.05) is 12.1 Å². The highest BCUT2D eigenvalue weighted by Gasteiger charge is 2.22. The number of fused-ring (bicyclic) bond motifs is 1. The summed E-state index contributed by atoms with van der Waals surface area (Å²) in [6.07, 6.45) is 4.68. The van der Waals surface area contributed by atoms with Gasteiger partial charge < -0.3 is 24.7 Å². The number of para-hydroxylation sites is 2. The summed E-state index contributed by atoms with van der Waals surface area (Å²) >= 11 is 0. The van der Waals surface area contributed by atoms with Crippen LogP contribution in [0, 0.1) is 0 Å². The Kier molecular flexibility index (Phi) is 6.90. The zero-order chi connectivity index (χ0) is 25.9. The molecule has 0 bridgehead atoms. The third-order valence-electron chi connectivity index (χ3n) is 6.99. The molecule has 38 heavy (non-hydrogen) atoms. The van der Waals surface area contributed by atoms with Gasteiger partial charge in [0, 0.05) is 58.6 Å². The quantitative estimate of drug-likeness (QED) is 0.371. The lowest BCUT2D eigenvalue weighted by Gasteiger charge is -2.30. The topological polar surface area (TPSA) is 123 Å². The Labute approximate surface area is 218 Å². The first kappa shape index (κ1) is 24.3. The first-order valence-electron chi connectivity index (χ1n) is 12.9. The number of benzene rings is 1. The van der Waals surface area contributed by atoms with Gasteiger partial charge in [-0.2, -0.15) is 0 Å². The van der Waals surface area contributed by atoms with Crippen LogP contribution in [0.5, 0.6) is 0 Å². The van der Waals surface area contributed by atoms with Crippen molar-refractivity contribution in [3.63, 3.8) is 0 Å². The van der Waals surface area contributed by atoms with E-state index in [0.717, 1.165) is 57.0 Å². The van der Waals surface area contributed by atoms with Crippen molar-refractivity contribution >= 4 is 28.3 Å². The van der Waals surface area contributed by atoms with Crippen LogP contribution in [-0.2, 0) is 11.3 Å². The zero-order valence-electron chi connectivity index (χ0n) is 21.0. The number of rotatable bonds is 7. The summed E-state index contributed by atoms with van der Waals surface area (Å²) in [6.45, 7) is 7.76. The van der Waals surface area contributed by atoms with Crippen LogP contribution in [0.1, 0.15) is 10.6 Å². The van der Waals surface area contributed by atoms with Crippen LogP contribution in [0.2, 0.25) is 0 Å². The van der Waals surface area contributed by atoms with Crippen molar-refractivity contribution in [1.29, 1.82) is 0 Å². The molecule has 5 heterocycles. The van der Waals surface area contributed by atoms with Gasteiger partial charge in [0.15, 0.2) is 0 Å². The Hall–Kier alpha value is -4.00. The Balaban J connectivity index is 1.25. The maximum Gasteiger partial charge on any atom is 0.337 e. The molecular formula is C26H30N8O4. The Morgan fingerprint density at radius 1 is 1.00 bits per heavy atom. The van der Waals surface area contributed by atoms with Crippen LogP contribution in [0.15, 0.2) is 58.1 Å². The molecule has 0 atom stereocenters. The fourth-order valence-electron chi connectivity index (χ4n) is 5.00. The first-order chi connectivity index (χ1) is 18.7. The van der Waals surface area contributed by atoms with E-state index in [2.05, 4.69) is 30.4 Å². The molecule has 12 heteroatoms. The number of piperazine rings is 1. The second-order valence-corrected chi connectivity index (χ2v) is 9.30. The van der Waals surface area contributed by atoms with E-state index in [1.807, 2.05) is 30.3 Å². The first-order valence-corrected chi connectivity index (χ1v) is 12.9. The number of ether oxygens (including phenoxy) is 1. The number of hydrogen-bond donors (Lipinski definition) is 2. The van der Waals surface area contributed by atoms with E-state index in [-0.39, 0.29) is 17.5 Å². The maximum atomic E-state index is 13.5. The van der Waals surface area contributed by atoms with Crippen molar-refractivity contribution < 1.29 is 13.9 Å². The molecule has 1 aromatic carbocycles. The number of morpholine rings is 1. The minimum absolute atomic E-state index is 0.00663. The van der Waals surface area contributed by atoms with Crippen molar-refractivity contribution in [2.45, 2.75) is 6.54 Å². The molecule has 4 aromatic rings. The minimum atomic E-state index is -0.461. The van der Waals surface area contributed by atoms with Crippen LogP contribution in [0.3, 0.4) is 0 Å². The second-order valence-electron chi connectivity index (χ2n) is 9.30. The summed E-state index contributed by atoms with van der Waals surface area (Å²) in [4.78, 5) is 39.6. The van der Waals surface area contributed by atoms with Crippen molar-refractivity contribution in [2.24, 2.45) is 0 Å². The summed E-state index contributed by atoms with van der Waals surface area (Å²) in [5, 5.41) is 6.22. The van der Waals surface area contributed by atoms with Gasteiger partial charge in [0.2, 0.25) is 5.76 Å². The summed E-state index contributed by atoms with van der Waals surface area (Å²) < 4.78 is 14.4. The lowest BCUT2D eigenvalue weighted by molar-refractivity contribution is 0.0364. The molecule has 12 nitrogen and oxygen atoms in total. The van der Waals surface area contributed by atoms with E-state index < -0.39 is 5.91 Å². The molecule has 0 saturated carbocycles. The Morgan fingerprint density at radius 3 is 2.61 bits per heavy atom. The number of nitrogens with zero attached hydrogens (tertiary/aromatic N) is 6. The molecular weight excluding hydrogens is 488 g/mol. The zero-order valence-corrected chi connectivity index (χ0v) is 21.0. The van der Waals surface area contributed by atoms with Gasteiger partial charge in [0.25, 0.3) is 5.91 Å². The average Bonchev–Trinajstić information content (AvgIpc) is 3.55. The van der Waals surface area contributed by atoms with Gasteiger partial charge in [-0.25, -0.2) is 14.3 Å². The number of nitrogens with one attached hydrogen (secondary N) is 2. The molecule has 2 aliphatic heterocycles. The average molecular weight is 519 g/mol. The van der Waals surface area contributed by atoms with Crippen molar-refractivity contribution in [3.05, 3.63) is 65.2 Å². The number of imidazole rings is 1. The number of aromatic nitrogens is 4. The van der Waals surface area contributed by atoms with Gasteiger partial charge in [0.05, 0.1) is 48.0 Å². The molecule has 0 radical (unpaired) electrons. The fraction of sp³-hybridized carbons (Fsp3) is 0.385. The Morgan fingerprint density at radius 2 is 1.79 bits per heavy atom. The normalized spacial score (nSPS) is 16.7. The second kappa shape index (κ2) is 10.8. The van der Waals surface area contributed by atoms with E-state index in [1.54, 1.807) is 17.0 Å². The van der Waals surface area contributed by atoms with E-state index in [1.165, 1.54) is 10.8 Å². The van der Waals surface area contributed by atoms with Gasteiger partial charge in [-0.05, 0) is 18.2 Å². The van der Waals surface area contributed by atoms with Gasteiger partial charge >= 0.3 is 11.7 Å². The van der Waals surface area contributed by atoms with Crippen molar-refractivity contribution in [1.82, 2.24) is 29.3 Å². The summed E-state index contributed by atoms with van der Waals surface area (Å²) in [7, 11) is 0. The van der Waals surface area contributed by atoms with Crippen molar-refractivity contribution in [2.75, 3.05) is 69.2 Å². The molecule has 2 aliphatic rings. The molecule has 1 amide bonds. The lowest BCUT2D eigenvalue weighted by Crippen LogP contribution is -2.43. The van der Waals surface area contributed by atoms with Crippen LogP contribution < -0.4 is 21.2 Å².